The standard InChI is InChI=1S/C13H22N2O4/c1-2-13(4-3-5-14-13)12(18)15-6-7-19-10(9-15)8-11(16)17/h10,14H,2-9H2,1H3,(H,16,17). The highest BCUT2D eigenvalue weighted by molar-refractivity contribution is 5.87. The number of carboxylic acids is 1. The number of hydrogen-bond donors (Lipinski definition) is 2. The predicted molar refractivity (Wildman–Crippen MR) is 68.8 cm³/mol. The molecule has 2 rings (SSSR count). The van der Waals surface area contributed by atoms with Gasteiger partial charge in [0.15, 0.2) is 0 Å². The largest absolute Gasteiger partial charge is 0.481 e. The van der Waals surface area contributed by atoms with E-state index in [1.807, 2.05) is 6.92 Å². The van der Waals surface area contributed by atoms with Crippen LogP contribution in [-0.2, 0) is 14.3 Å². The summed E-state index contributed by atoms with van der Waals surface area (Å²) in [6.45, 7) is 4.25. The molecule has 2 atom stereocenters. The third kappa shape index (κ3) is 3.06. The van der Waals surface area contributed by atoms with Crippen LogP contribution < -0.4 is 5.32 Å². The molecule has 0 saturated carbocycles. The van der Waals surface area contributed by atoms with E-state index in [0.717, 1.165) is 25.8 Å². The number of nitrogens with zero attached hydrogens (tertiary/aromatic N) is 1. The Labute approximate surface area is 113 Å². The van der Waals surface area contributed by atoms with Gasteiger partial charge in [-0.1, -0.05) is 6.92 Å². The van der Waals surface area contributed by atoms with Crippen molar-refractivity contribution in [3.05, 3.63) is 0 Å². The highest BCUT2D eigenvalue weighted by Crippen LogP contribution is 2.26. The van der Waals surface area contributed by atoms with E-state index in [1.165, 1.54) is 0 Å². The van der Waals surface area contributed by atoms with Gasteiger partial charge in [-0.15, -0.1) is 0 Å². The van der Waals surface area contributed by atoms with E-state index in [0.29, 0.717) is 19.7 Å². The van der Waals surface area contributed by atoms with Crippen LogP contribution in [0.2, 0.25) is 0 Å². The number of morpholine rings is 1. The topological polar surface area (TPSA) is 78.9 Å². The van der Waals surface area contributed by atoms with Gasteiger partial charge in [-0.25, -0.2) is 0 Å². The summed E-state index contributed by atoms with van der Waals surface area (Å²) in [5.74, 6) is -0.783. The van der Waals surface area contributed by atoms with E-state index in [1.54, 1.807) is 4.90 Å². The minimum Gasteiger partial charge on any atom is -0.481 e. The number of carbonyl (C=O) groups excluding carboxylic acids is 1. The van der Waals surface area contributed by atoms with Gasteiger partial charge in [0.2, 0.25) is 5.91 Å². The minimum atomic E-state index is -0.886. The zero-order valence-electron chi connectivity index (χ0n) is 11.4. The second-order valence-corrected chi connectivity index (χ2v) is 5.31. The lowest BCUT2D eigenvalue weighted by Gasteiger charge is -2.38. The molecule has 0 aliphatic carbocycles. The van der Waals surface area contributed by atoms with Gasteiger partial charge in [0.05, 0.1) is 24.7 Å². The maximum atomic E-state index is 12.6. The molecule has 2 N–H and O–H groups in total. The molecule has 2 unspecified atom stereocenters. The van der Waals surface area contributed by atoms with Crippen LogP contribution >= 0.6 is 0 Å². The summed E-state index contributed by atoms with van der Waals surface area (Å²) < 4.78 is 5.40. The third-order valence-electron chi connectivity index (χ3n) is 4.08. The molecule has 2 saturated heterocycles. The number of carbonyl (C=O) groups is 2. The molecule has 0 radical (unpaired) electrons. The molecule has 2 fully saturated rings. The Balaban J connectivity index is 2.00. The monoisotopic (exact) mass is 270 g/mol. The average molecular weight is 270 g/mol. The Bertz CT molecular complexity index is 353. The smallest absolute Gasteiger partial charge is 0.306 e. The molecule has 0 aromatic rings. The van der Waals surface area contributed by atoms with Gasteiger partial charge in [-0.3, -0.25) is 9.59 Å². The number of hydrogen-bond acceptors (Lipinski definition) is 4. The molecule has 6 heteroatoms. The Kier molecular flexibility index (Phi) is 4.42. The fourth-order valence-electron chi connectivity index (χ4n) is 2.97. The van der Waals surface area contributed by atoms with Crippen LogP contribution in [-0.4, -0.2) is 59.8 Å². The number of nitrogens with one attached hydrogen (secondary N) is 1. The van der Waals surface area contributed by atoms with Gasteiger partial charge in [0.25, 0.3) is 0 Å². The number of aliphatic carboxylic acids is 1. The molecule has 0 aromatic heterocycles. The van der Waals surface area contributed by atoms with Crippen LogP contribution in [0, 0.1) is 0 Å². The van der Waals surface area contributed by atoms with Crippen molar-refractivity contribution in [1.82, 2.24) is 10.2 Å². The van der Waals surface area contributed by atoms with Crippen molar-refractivity contribution in [3.8, 4) is 0 Å². The van der Waals surface area contributed by atoms with Gasteiger partial charge in [-0.05, 0) is 25.8 Å². The molecule has 0 aromatic carbocycles. The summed E-state index contributed by atoms with van der Waals surface area (Å²) in [5, 5.41) is 12.1. The first-order valence-electron chi connectivity index (χ1n) is 6.95. The first-order chi connectivity index (χ1) is 9.07. The van der Waals surface area contributed by atoms with E-state index in [9.17, 15) is 9.59 Å². The minimum absolute atomic E-state index is 0.0453. The van der Waals surface area contributed by atoms with E-state index < -0.39 is 11.5 Å². The van der Waals surface area contributed by atoms with Gasteiger partial charge < -0.3 is 20.1 Å². The van der Waals surface area contributed by atoms with Crippen LogP contribution in [0.15, 0.2) is 0 Å². The molecule has 108 valence electrons. The van der Waals surface area contributed by atoms with Crippen molar-refractivity contribution in [2.24, 2.45) is 0 Å². The van der Waals surface area contributed by atoms with Crippen LogP contribution in [0.3, 0.4) is 0 Å². The number of carboxylic acid groups (broad SMARTS) is 1. The number of ether oxygens (including phenoxy) is 1. The molecule has 2 heterocycles. The number of rotatable bonds is 4. The zero-order chi connectivity index (χ0) is 13.9. The quantitative estimate of drug-likeness (QED) is 0.764. The summed E-state index contributed by atoms with van der Waals surface area (Å²) in [5.41, 5.74) is -0.439. The third-order valence-corrected chi connectivity index (χ3v) is 4.08. The lowest BCUT2D eigenvalue weighted by Crippen LogP contribution is -2.58. The highest BCUT2D eigenvalue weighted by atomic mass is 16.5. The fraction of sp³-hybridized carbons (Fsp3) is 0.846. The molecule has 6 nitrogen and oxygen atoms in total. The normalized spacial score (nSPS) is 31.4. The summed E-state index contributed by atoms with van der Waals surface area (Å²) in [6, 6.07) is 0. The molecule has 0 spiro atoms. The lowest BCUT2D eigenvalue weighted by atomic mass is 9.92. The molecular weight excluding hydrogens is 248 g/mol. The van der Waals surface area contributed by atoms with E-state index >= 15 is 0 Å². The van der Waals surface area contributed by atoms with E-state index in [2.05, 4.69) is 5.32 Å². The highest BCUT2D eigenvalue weighted by Gasteiger charge is 2.42. The molecule has 2 aliphatic rings. The van der Waals surface area contributed by atoms with Crippen molar-refractivity contribution in [3.63, 3.8) is 0 Å². The van der Waals surface area contributed by atoms with E-state index in [4.69, 9.17) is 9.84 Å². The van der Waals surface area contributed by atoms with Gasteiger partial charge in [0.1, 0.15) is 0 Å². The van der Waals surface area contributed by atoms with Gasteiger partial charge in [-0.2, -0.15) is 0 Å². The Morgan fingerprint density at radius 2 is 2.32 bits per heavy atom. The Morgan fingerprint density at radius 1 is 1.53 bits per heavy atom. The Hall–Kier alpha value is -1.14. The second-order valence-electron chi connectivity index (χ2n) is 5.31. The van der Waals surface area contributed by atoms with Gasteiger partial charge in [0, 0.05) is 13.1 Å². The average Bonchev–Trinajstić information content (AvgIpc) is 2.87. The number of amides is 1. The predicted octanol–water partition coefficient (Wildman–Crippen LogP) is 0.221. The van der Waals surface area contributed by atoms with Crippen LogP contribution in [0.4, 0.5) is 0 Å². The molecule has 1 amide bonds. The summed E-state index contributed by atoms with van der Waals surface area (Å²) in [6.07, 6.45) is 2.22. The van der Waals surface area contributed by atoms with Gasteiger partial charge >= 0.3 is 5.97 Å². The van der Waals surface area contributed by atoms with Crippen molar-refractivity contribution < 1.29 is 19.4 Å². The zero-order valence-corrected chi connectivity index (χ0v) is 11.4. The van der Waals surface area contributed by atoms with Crippen LogP contribution in [0.1, 0.15) is 32.6 Å². The summed E-state index contributed by atoms with van der Waals surface area (Å²) >= 11 is 0. The first kappa shape index (κ1) is 14.3. The molecule has 0 bridgehead atoms. The Morgan fingerprint density at radius 3 is 2.89 bits per heavy atom. The van der Waals surface area contributed by atoms with E-state index in [-0.39, 0.29) is 18.4 Å². The van der Waals surface area contributed by atoms with Crippen molar-refractivity contribution in [2.45, 2.75) is 44.2 Å². The lowest BCUT2D eigenvalue weighted by molar-refractivity contribution is -0.151. The van der Waals surface area contributed by atoms with Crippen LogP contribution in [0.25, 0.3) is 0 Å². The van der Waals surface area contributed by atoms with Crippen LogP contribution in [0.5, 0.6) is 0 Å². The fourth-order valence-corrected chi connectivity index (χ4v) is 2.97. The maximum Gasteiger partial charge on any atom is 0.306 e. The maximum absolute atomic E-state index is 12.6. The SMILES string of the molecule is CCC1(C(=O)N2CCOC(CC(=O)O)C2)CCCN1. The van der Waals surface area contributed by atoms with Crippen molar-refractivity contribution >= 4 is 11.9 Å². The first-order valence-corrected chi connectivity index (χ1v) is 6.95. The molecule has 19 heavy (non-hydrogen) atoms. The molecular formula is C13H22N2O4. The molecule has 2 aliphatic heterocycles. The van der Waals surface area contributed by atoms with Crippen molar-refractivity contribution in [1.29, 1.82) is 0 Å². The summed E-state index contributed by atoms with van der Waals surface area (Å²) in [7, 11) is 0. The summed E-state index contributed by atoms with van der Waals surface area (Å²) in [4.78, 5) is 25.1. The van der Waals surface area contributed by atoms with Crippen molar-refractivity contribution in [2.75, 3.05) is 26.2 Å². The second kappa shape index (κ2) is 5.88.